The quantitative estimate of drug-likeness (QED) is 0.482. The molecule has 52 valence electrons. The molecule has 1 saturated heterocycles. The third-order valence-electron chi connectivity index (χ3n) is 2.37. The first-order valence-electron chi connectivity index (χ1n) is 3.60. The van der Waals surface area contributed by atoms with Crippen LogP contribution in [0.2, 0.25) is 0 Å². The summed E-state index contributed by atoms with van der Waals surface area (Å²) in [6.45, 7) is 6.05. The van der Waals surface area contributed by atoms with Gasteiger partial charge in [-0.1, -0.05) is 6.08 Å². The van der Waals surface area contributed by atoms with Gasteiger partial charge in [-0.15, -0.1) is 6.58 Å². The van der Waals surface area contributed by atoms with Crippen molar-refractivity contribution in [2.24, 2.45) is 0 Å². The molecule has 0 N–H and O–H groups in total. The summed E-state index contributed by atoms with van der Waals surface area (Å²) in [4.78, 5) is 2.38. The van der Waals surface area contributed by atoms with Crippen LogP contribution >= 0.6 is 0 Å². The fourth-order valence-electron chi connectivity index (χ4n) is 1.43. The van der Waals surface area contributed by atoms with Gasteiger partial charge in [-0.05, 0) is 26.8 Å². The van der Waals surface area contributed by atoms with Gasteiger partial charge < -0.3 is 0 Å². The van der Waals surface area contributed by atoms with Crippen molar-refractivity contribution in [3.05, 3.63) is 12.7 Å². The number of hydrogen-bond donors (Lipinski definition) is 0. The summed E-state index contributed by atoms with van der Waals surface area (Å²) >= 11 is 0. The zero-order valence-electron chi connectivity index (χ0n) is 6.30. The number of hydrogen-bond acceptors (Lipinski definition) is 1. The van der Waals surface area contributed by atoms with Crippen molar-refractivity contribution < 1.29 is 0 Å². The lowest BCUT2D eigenvalue weighted by Gasteiger charge is -2.19. The maximum absolute atomic E-state index is 3.79. The highest BCUT2D eigenvalue weighted by molar-refractivity contribution is 4.93. The Morgan fingerprint density at radius 3 is 2.44 bits per heavy atom. The summed E-state index contributed by atoms with van der Waals surface area (Å²) in [5.74, 6) is 0. The second-order valence-corrected chi connectivity index (χ2v) is 2.89. The van der Waals surface area contributed by atoms with Gasteiger partial charge in [-0.3, -0.25) is 4.90 Å². The smallest absolute Gasteiger partial charge is 0.0275 e. The van der Waals surface area contributed by atoms with E-state index < -0.39 is 0 Å². The van der Waals surface area contributed by atoms with E-state index in [0.717, 1.165) is 6.04 Å². The summed E-state index contributed by atoms with van der Waals surface area (Å²) in [5.41, 5.74) is 0. The molecule has 1 aliphatic heterocycles. The zero-order valence-corrected chi connectivity index (χ0v) is 6.30. The molecule has 2 unspecified atom stereocenters. The average molecular weight is 125 g/mol. The van der Waals surface area contributed by atoms with E-state index >= 15 is 0 Å². The molecule has 1 aliphatic rings. The molecule has 0 amide bonds. The summed E-state index contributed by atoms with van der Waals surface area (Å²) < 4.78 is 0. The van der Waals surface area contributed by atoms with Gasteiger partial charge in [-0.25, -0.2) is 0 Å². The molecular formula is C8H15N. The van der Waals surface area contributed by atoms with E-state index in [4.69, 9.17) is 0 Å². The molecule has 0 aromatic rings. The topological polar surface area (TPSA) is 3.24 Å². The van der Waals surface area contributed by atoms with Crippen LogP contribution in [-0.2, 0) is 0 Å². The van der Waals surface area contributed by atoms with Crippen molar-refractivity contribution >= 4 is 0 Å². The molecule has 0 saturated carbocycles. The lowest BCUT2D eigenvalue weighted by Crippen LogP contribution is -2.28. The van der Waals surface area contributed by atoms with Gasteiger partial charge in [0.2, 0.25) is 0 Å². The maximum atomic E-state index is 3.79. The minimum atomic E-state index is 0.639. The largest absolute Gasteiger partial charge is 0.297 e. The monoisotopic (exact) mass is 125 g/mol. The van der Waals surface area contributed by atoms with Crippen molar-refractivity contribution in [1.29, 1.82) is 0 Å². The Kier molecular flexibility index (Phi) is 1.91. The summed E-state index contributed by atoms with van der Waals surface area (Å²) in [6, 6.07) is 1.40. The Balaban J connectivity index is 2.50. The Morgan fingerprint density at radius 1 is 1.56 bits per heavy atom. The molecule has 0 spiro atoms. The molecule has 1 heteroatoms. The minimum absolute atomic E-state index is 0.639. The van der Waals surface area contributed by atoms with Crippen LogP contribution in [0.4, 0.5) is 0 Å². The van der Waals surface area contributed by atoms with Crippen LogP contribution in [0.3, 0.4) is 0 Å². The third-order valence-corrected chi connectivity index (χ3v) is 2.37. The normalized spacial score (nSPS) is 37.1. The molecule has 1 nitrogen and oxygen atoms in total. The Hall–Kier alpha value is -0.300. The molecule has 1 heterocycles. The van der Waals surface area contributed by atoms with E-state index in [1.807, 2.05) is 6.08 Å². The van der Waals surface area contributed by atoms with E-state index in [2.05, 4.69) is 25.5 Å². The fraction of sp³-hybridized carbons (Fsp3) is 0.750. The van der Waals surface area contributed by atoms with Crippen LogP contribution in [0.15, 0.2) is 12.7 Å². The van der Waals surface area contributed by atoms with E-state index in [-0.39, 0.29) is 0 Å². The first kappa shape index (κ1) is 6.81. The highest BCUT2D eigenvalue weighted by atomic mass is 15.2. The SMILES string of the molecule is C=CC1CCC(C)N1C. The second kappa shape index (κ2) is 2.53. The van der Waals surface area contributed by atoms with E-state index in [1.165, 1.54) is 12.8 Å². The Labute approximate surface area is 57.4 Å². The molecule has 0 aliphatic carbocycles. The molecule has 0 aromatic carbocycles. The van der Waals surface area contributed by atoms with Crippen molar-refractivity contribution in [1.82, 2.24) is 4.90 Å². The minimum Gasteiger partial charge on any atom is -0.297 e. The highest BCUT2D eigenvalue weighted by Gasteiger charge is 2.23. The van der Waals surface area contributed by atoms with Crippen molar-refractivity contribution in [2.75, 3.05) is 7.05 Å². The molecule has 1 fully saturated rings. The van der Waals surface area contributed by atoms with Gasteiger partial charge in [0.05, 0.1) is 0 Å². The summed E-state index contributed by atoms with van der Waals surface area (Å²) in [6.07, 6.45) is 4.66. The molecule has 0 bridgehead atoms. The van der Waals surface area contributed by atoms with Crippen molar-refractivity contribution in [3.8, 4) is 0 Å². The number of rotatable bonds is 1. The second-order valence-electron chi connectivity index (χ2n) is 2.89. The highest BCUT2D eigenvalue weighted by Crippen LogP contribution is 2.21. The molecule has 2 atom stereocenters. The van der Waals surface area contributed by atoms with E-state index in [0.29, 0.717) is 6.04 Å². The van der Waals surface area contributed by atoms with Crippen LogP contribution in [0.5, 0.6) is 0 Å². The third kappa shape index (κ3) is 1.16. The molecule has 1 rings (SSSR count). The van der Waals surface area contributed by atoms with Gasteiger partial charge in [0.15, 0.2) is 0 Å². The first-order chi connectivity index (χ1) is 4.25. The van der Waals surface area contributed by atoms with Gasteiger partial charge in [0, 0.05) is 12.1 Å². The van der Waals surface area contributed by atoms with Crippen LogP contribution < -0.4 is 0 Å². The fourth-order valence-corrected chi connectivity index (χ4v) is 1.43. The predicted molar refractivity (Wildman–Crippen MR) is 40.4 cm³/mol. The molecule has 0 radical (unpaired) electrons. The summed E-state index contributed by atoms with van der Waals surface area (Å²) in [7, 11) is 2.17. The van der Waals surface area contributed by atoms with Crippen LogP contribution in [-0.4, -0.2) is 24.0 Å². The van der Waals surface area contributed by atoms with E-state index in [9.17, 15) is 0 Å². The Bertz CT molecular complexity index is 109. The lowest BCUT2D eigenvalue weighted by molar-refractivity contribution is 0.287. The standard InChI is InChI=1S/C8H15N/c1-4-8-6-5-7(2)9(8)3/h4,7-8H,1,5-6H2,2-3H3. The summed E-state index contributed by atoms with van der Waals surface area (Å²) in [5, 5.41) is 0. The molecule has 9 heavy (non-hydrogen) atoms. The van der Waals surface area contributed by atoms with Crippen LogP contribution in [0.25, 0.3) is 0 Å². The van der Waals surface area contributed by atoms with Gasteiger partial charge in [0.1, 0.15) is 0 Å². The molecular weight excluding hydrogens is 110 g/mol. The zero-order chi connectivity index (χ0) is 6.85. The number of likely N-dealkylation sites (tertiary alicyclic amines) is 1. The first-order valence-corrected chi connectivity index (χ1v) is 3.60. The average Bonchev–Trinajstić information content (AvgIpc) is 2.15. The number of nitrogens with zero attached hydrogens (tertiary/aromatic N) is 1. The predicted octanol–water partition coefficient (Wildman–Crippen LogP) is 1.66. The van der Waals surface area contributed by atoms with Crippen LogP contribution in [0, 0.1) is 0 Å². The molecule has 0 aromatic heterocycles. The van der Waals surface area contributed by atoms with Gasteiger partial charge in [-0.2, -0.15) is 0 Å². The van der Waals surface area contributed by atoms with Crippen molar-refractivity contribution in [2.45, 2.75) is 31.8 Å². The maximum Gasteiger partial charge on any atom is 0.0275 e. The number of likely N-dealkylation sites (N-methyl/N-ethyl adjacent to an activating group) is 1. The van der Waals surface area contributed by atoms with Crippen LogP contribution in [0.1, 0.15) is 19.8 Å². The van der Waals surface area contributed by atoms with E-state index in [1.54, 1.807) is 0 Å². The van der Waals surface area contributed by atoms with Gasteiger partial charge in [0.25, 0.3) is 0 Å². The van der Waals surface area contributed by atoms with Gasteiger partial charge >= 0.3 is 0 Å². The lowest BCUT2D eigenvalue weighted by atomic mass is 10.2. The van der Waals surface area contributed by atoms with Crippen molar-refractivity contribution in [3.63, 3.8) is 0 Å². The Morgan fingerprint density at radius 2 is 2.22 bits per heavy atom.